The highest BCUT2D eigenvalue weighted by molar-refractivity contribution is 5.90. The third-order valence-corrected chi connectivity index (χ3v) is 3.90. The number of nitrogens with zero attached hydrogens (tertiary/aromatic N) is 2. The molecule has 8 nitrogen and oxygen atoms in total. The summed E-state index contributed by atoms with van der Waals surface area (Å²) >= 11 is 0. The second-order valence-electron chi connectivity index (χ2n) is 6.24. The van der Waals surface area contributed by atoms with Gasteiger partial charge in [0.15, 0.2) is 5.76 Å². The van der Waals surface area contributed by atoms with Crippen molar-refractivity contribution in [2.75, 3.05) is 6.54 Å². The van der Waals surface area contributed by atoms with E-state index in [9.17, 15) is 18.0 Å². The van der Waals surface area contributed by atoms with Crippen molar-refractivity contribution in [3.63, 3.8) is 0 Å². The number of nitrogens with one attached hydrogen (secondary N) is 2. The zero-order valence-corrected chi connectivity index (χ0v) is 15.2. The predicted octanol–water partition coefficient (Wildman–Crippen LogP) is 2.33. The van der Waals surface area contributed by atoms with Gasteiger partial charge in [0, 0.05) is 24.2 Å². The Balaban J connectivity index is 0.000000370. The van der Waals surface area contributed by atoms with Gasteiger partial charge in [0.1, 0.15) is 0 Å². The first-order valence-electron chi connectivity index (χ1n) is 8.41. The van der Waals surface area contributed by atoms with Crippen molar-refractivity contribution in [1.29, 1.82) is 5.26 Å². The number of nitriles is 1. The van der Waals surface area contributed by atoms with Gasteiger partial charge in [0.05, 0.1) is 17.8 Å². The summed E-state index contributed by atoms with van der Waals surface area (Å²) in [6, 6.07) is 9.56. The topological polar surface area (TPSA) is 128 Å². The maximum absolute atomic E-state index is 12.1. The quantitative estimate of drug-likeness (QED) is 0.708. The number of carboxylic acid groups (broad SMARTS) is 1. The van der Waals surface area contributed by atoms with Gasteiger partial charge in [-0.1, -0.05) is 12.1 Å². The number of oxazole rings is 1. The summed E-state index contributed by atoms with van der Waals surface area (Å²) in [5, 5.41) is 22.2. The summed E-state index contributed by atoms with van der Waals surface area (Å²) in [5.74, 6) is -2.56. The largest absolute Gasteiger partial charge is 0.490 e. The van der Waals surface area contributed by atoms with Crippen LogP contribution < -0.4 is 10.6 Å². The first kappa shape index (κ1) is 21.9. The summed E-state index contributed by atoms with van der Waals surface area (Å²) in [4.78, 5) is 25.1. The lowest BCUT2D eigenvalue weighted by atomic mass is 10.1. The standard InChI is InChI=1S/C16H16N4O2.C2HF3O2/c1-10-5-13(8-18-10)20-15(21)16-19-9-14(22-16)12-4-2-3-11(6-12)7-17;3-2(4,5)1(6)7/h2-4,6,9-10,13,18H,5,8H2,1H3,(H,20,21);(H,6,7)/t10-,13-;/m1./s1. The molecule has 3 N–H and O–H groups in total. The minimum atomic E-state index is -5.08. The molecule has 2 heterocycles. The van der Waals surface area contributed by atoms with Crippen LogP contribution in [0.4, 0.5) is 13.2 Å². The summed E-state index contributed by atoms with van der Waals surface area (Å²) in [5.41, 5.74) is 1.26. The highest BCUT2D eigenvalue weighted by atomic mass is 19.4. The number of carbonyl (C=O) groups excluding carboxylic acids is 1. The average Bonchev–Trinajstić information content (AvgIpc) is 3.31. The Kier molecular flexibility index (Phi) is 6.95. The first-order chi connectivity index (χ1) is 13.6. The van der Waals surface area contributed by atoms with E-state index in [0.717, 1.165) is 18.5 Å². The lowest BCUT2D eigenvalue weighted by Gasteiger charge is -2.09. The summed E-state index contributed by atoms with van der Waals surface area (Å²) in [7, 11) is 0. The fraction of sp³-hybridized carbons (Fsp3) is 0.333. The molecular formula is C18H17F3N4O4. The molecule has 1 aromatic heterocycles. The second kappa shape index (κ2) is 9.20. The van der Waals surface area contributed by atoms with E-state index < -0.39 is 12.1 Å². The molecule has 11 heteroatoms. The molecule has 0 radical (unpaired) electrons. The molecule has 0 saturated carbocycles. The number of amides is 1. The summed E-state index contributed by atoms with van der Waals surface area (Å²) in [6.07, 6.45) is -2.69. The van der Waals surface area contributed by atoms with Crippen molar-refractivity contribution in [3.8, 4) is 17.4 Å². The average molecular weight is 410 g/mol. The van der Waals surface area contributed by atoms with Crippen molar-refractivity contribution in [3.05, 3.63) is 41.9 Å². The van der Waals surface area contributed by atoms with Crippen LogP contribution in [0.5, 0.6) is 0 Å². The molecule has 0 aliphatic carbocycles. The lowest BCUT2D eigenvalue weighted by molar-refractivity contribution is -0.192. The molecule has 1 aromatic carbocycles. The number of hydrogen-bond donors (Lipinski definition) is 3. The number of alkyl halides is 3. The maximum Gasteiger partial charge on any atom is 0.490 e. The number of carbonyl (C=O) groups is 2. The highest BCUT2D eigenvalue weighted by Crippen LogP contribution is 2.21. The number of rotatable bonds is 3. The van der Waals surface area contributed by atoms with E-state index in [0.29, 0.717) is 17.4 Å². The Hall–Kier alpha value is -3.39. The van der Waals surface area contributed by atoms with Crippen molar-refractivity contribution >= 4 is 11.9 Å². The number of halogens is 3. The molecule has 0 unspecified atom stereocenters. The lowest BCUT2D eigenvalue weighted by Crippen LogP contribution is -2.36. The third-order valence-electron chi connectivity index (χ3n) is 3.90. The van der Waals surface area contributed by atoms with E-state index in [2.05, 4.69) is 28.6 Å². The van der Waals surface area contributed by atoms with Gasteiger partial charge >= 0.3 is 18.1 Å². The zero-order valence-electron chi connectivity index (χ0n) is 15.2. The molecule has 1 amide bonds. The number of aromatic nitrogens is 1. The van der Waals surface area contributed by atoms with Crippen LogP contribution in [0.25, 0.3) is 11.3 Å². The van der Waals surface area contributed by atoms with E-state index in [4.69, 9.17) is 19.6 Å². The van der Waals surface area contributed by atoms with Crippen LogP contribution >= 0.6 is 0 Å². The minimum Gasteiger partial charge on any atom is -0.475 e. The van der Waals surface area contributed by atoms with Crippen LogP contribution in [0.2, 0.25) is 0 Å². The van der Waals surface area contributed by atoms with Gasteiger partial charge in [0.25, 0.3) is 5.89 Å². The molecule has 1 aliphatic heterocycles. The van der Waals surface area contributed by atoms with Crippen LogP contribution in [-0.4, -0.2) is 46.8 Å². The van der Waals surface area contributed by atoms with Gasteiger partial charge < -0.3 is 20.2 Å². The molecular weight excluding hydrogens is 393 g/mol. The van der Waals surface area contributed by atoms with Crippen molar-refractivity contribution in [2.45, 2.75) is 31.6 Å². The number of benzene rings is 1. The summed E-state index contributed by atoms with van der Waals surface area (Å²) in [6.45, 7) is 2.84. The minimum absolute atomic E-state index is 0.0388. The van der Waals surface area contributed by atoms with Gasteiger partial charge in [-0.05, 0) is 25.5 Å². The molecule has 0 bridgehead atoms. The molecule has 2 atom stereocenters. The van der Waals surface area contributed by atoms with E-state index in [1.54, 1.807) is 18.2 Å². The van der Waals surface area contributed by atoms with Gasteiger partial charge in [0.2, 0.25) is 0 Å². The van der Waals surface area contributed by atoms with Crippen LogP contribution in [0.15, 0.2) is 34.9 Å². The van der Waals surface area contributed by atoms with E-state index >= 15 is 0 Å². The third kappa shape index (κ3) is 6.32. The van der Waals surface area contributed by atoms with Crippen molar-refractivity contribution < 1.29 is 32.3 Å². The Morgan fingerprint density at radius 3 is 2.66 bits per heavy atom. The first-order valence-corrected chi connectivity index (χ1v) is 8.41. The maximum atomic E-state index is 12.1. The fourth-order valence-corrected chi connectivity index (χ4v) is 2.55. The van der Waals surface area contributed by atoms with Gasteiger partial charge in [-0.25, -0.2) is 9.78 Å². The van der Waals surface area contributed by atoms with Gasteiger partial charge in [-0.15, -0.1) is 0 Å². The SMILES string of the molecule is C[C@@H]1C[C@@H](NC(=O)c2ncc(-c3cccc(C#N)c3)o2)CN1.O=C(O)C(F)(F)F. The van der Waals surface area contributed by atoms with E-state index in [1.807, 2.05) is 6.07 Å². The monoisotopic (exact) mass is 410 g/mol. The number of hydrogen-bond acceptors (Lipinski definition) is 6. The van der Waals surface area contributed by atoms with Crippen LogP contribution in [-0.2, 0) is 4.79 Å². The van der Waals surface area contributed by atoms with Crippen molar-refractivity contribution in [1.82, 2.24) is 15.6 Å². The van der Waals surface area contributed by atoms with Crippen LogP contribution in [0.1, 0.15) is 29.6 Å². The van der Waals surface area contributed by atoms with Gasteiger partial charge in [-0.2, -0.15) is 18.4 Å². The number of carboxylic acids is 1. The molecule has 1 fully saturated rings. The van der Waals surface area contributed by atoms with Crippen molar-refractivity contribution in [2.24, 2.45) is 0 Å². The highest BCUT2D eigenvalue weighted by Gasteiger charge is 2.38. The summed E-state index contributed by atoms with van der Waals surface area (Å²) < 4.78 is 37.3. The normalized spacial score (nSPS) is 18.3. The van der Waals surface area contributed by atoms with Gasteiger partial charge in [-0.3, -0.25) is 4.79 Å². The smallest absolute Gasteiger partial charge is 0.475 e. The molecule has 0 spiro atoms. The van der Waals surface area contributed by atoms with Crippen LogP contribution in [0.3, 0.4) is 0 Å². The van der Waals surface area contributed by atoms with E-state index in [-0.39, 0.29) is 17.8 Å². The zero-order chi connectivity index (χ0) is 21.6. The second-order valence-corrected chi connectivity index (χ2v) is 6.24. The Morgan fingerprint density at radius 2 is 2.10 bits per heavy atom. The Morgan fingerprint density at radius 1 is 1.41 bits per heavy atom. The van der Waals surface area contributed by atoms with Crippen LogP contribution in [0, 0.1) is 11.3 Å². The predicted molar refractivity (Wildman–Crippen MR) is 93.7 cm³/mol. The molecule has 29 heavy (non-hydrogen) atoms. The molecule has 1 aliphatic rings. The molecule has 154 valence electrons. The molecule has 3 rings (SSSR count). The molecule has 1 saturated heterocycles. The Bertz CT molecular complexity index is 920. The number of aliphatic carboxylic acids is 1. The van der Waals surface area contributed by atoms with E-state index in [1.165, 1.54) is 6.20 Å². The Labute approximate surface area is 163 Å². The fourth-order valence-electron chi connectivity index (χ4n) is 2.55. The molecule has 2 aromatic rings.